The number of halogens is 3. The Morgan fingerprint density at radius 1 is 1.30 bits per heavy atom. The van der Waals surface area contributed by atoms with Gasteiger partial charge in [0.2, 0.25) is 0 Å². The van der Waals surface area contributed by atoms with Gasteiger partial charge in [0.05, 0.1) is 5.56 Å². The molecule has 6 heteroatoms. The quantitative estimate of drug-likeness (QED) is 0.907. The van der Waals surface area contributed by atoms with E-state index in [9.17, 15) is 13.2 Å². The topological polar surface area (TPSA) is 38.9 Å². The first-order valence-electron chi connectivity index (χ1n) is 6.87. The fraction of sp³-hybridized carbons (Fsp3) is 0.643. The monoisotopic (exact) mass is 304 g/mol. The lowest BCUT2D eigenvalue weighted by molar-refractivity contribution is -0.138. The Morgan fingerprint density at radius 3 is 2.65 bits per heavy atom. The molecule has 0 spiro atoms. The van der Waals surface area contributed by atoms with Gasteiger partial charge >= 0.3 is 6.18 Å². The molecule has 1 aliphatic carbocycles. The minimum absolute atomic E-state index is 0.100. The molecule has 0 aromatic carbocycles. The number of nitrogens with two attached hydrogens (primary N) is 1. The first-order valence-corrected chi connectivity index (χ1v) is 7.91. The Balaban J connectivity index is 2.00. The SMILES string of the molecule is NC(CSC1CCCCC1)c1cnccc1C(F)(F)F. The molecule has 1 heterocycles. The van der Waals surface area contributed by atoms with Crippen LogP contribution in [0, 0.1) is 0 Å². The van der Waals surface area contributed by atoms with E-state index in [1.165, 1.54) is 25.5 Å². The normalized spacial score (nSPS) is 19.0. The van der Waals surface area contributed by atoms with Crippen LogP contribution in [-0.2, 0) is 6.18 Å². The smallest absolute Gasteiger partial charge is 0.323 e. The summed E-state index contributed by atoms with van der Waals surface area (Å²) in [6.07, 6.45) is 4.03. The van der Waals surface area contributed by atoms with Gasteiger partial charge in [0.1, 0.15) is 0 Å². The number of alkyl halides is 3. The molecule has 0 radical (unpaired) electrons. The average Bonchev–Trinajstić information content (AvgIpc) is 2.45. The Bertz CT molecular complexity index is 431. The van der Waals surface area contributed by atoms with Gasteiger partial charge in [-0.1, -0.05) is 19.3 Å². The largest absolute Gasteiger partial charge is 0.416 e. The summed E-state index contributed by atoms with van der Waals surface area (Å²) < 4.78 is 38.7. The zero-order valence-electron chi connectivity index (χ0n) is 11.2. The number of nitrogens with zero attached hydrogens (tertiary/aromatic N) is 1. The summed E-state index contributed by atoms with van der Waals surface area (Å²) >= 11 is 1.70. The van der Waals surface area contributed by atoms with Gasteiger partial charge in [0.25, 0.3) is 0 Å². The van der Waals surface area contributed by atoms with Crippen molar-refractivity contribution in [2.45, 2.75) is 49.6 Å². The standard InChI is InChI=1S/C14H19F3N2S/c15-14(16,17)12-6-7-19-8-11(12)13(18)9-20-10-4-2-1-3-5-10/h6-8,10,13H,1-5,9,18H2. The molecule has 112 valence electrons. The van der Waals surface area contributed by atoms with Gasteiger partial charge in [-0.15, -0.1) is 0 Å². The Hall–Kier alpha value is -0.750. The average molecular weight is 304 g/mol. The fourth-order valence-electron chi connectivity index (χ4n) is 2.52. The van der Waals surface area contributed by atoms with Crippen LogP contribution < -0.4 is 5.73 Å². The zero-order chi connectivity index (χ0) is 14.6. The Morgan fingerprint density at radius 2 is 2.00 bits per heavy atom. The van der Waals surface area contributed by atoms with E-state index in [1.54, 1.807) is 11.8 Å². The summed E-state index contributed by atoms with van der Waals surface area (Å²) in [6, 6.07) is 0.382. The maximum absolute atomic E-state index is 12.9. The summed E-state index contributed by atoms with van der Waals surface area (Å²) in [5.74, 6) is 0.513. The lowest BCUT2D eigenvalue weighted by Crippen LogP contribution is -2.21. The molecule has 1 saturated carbocycles. The van der Waals surface area contributed by atoms with E-state index < -0.39 is 17.8 Å². The third-order valence-electron chi connectivity index (χ3n) is 3.62. The van der Waals surface area contributed by atoms with E-state index in [1.807, 2.05) is 0 Å². The molecule has 2 rings (SSSR count). The van der Waals surface area contributed by atoms with E-state index in [0.717, 1.165) is 25.1 Å². The highest BCUT2D eigenvalue weighted by atomic mass is 32.2. The van der Waals surface area contributed by atoms with Crippen molar-refractivity contribution >= 4 is 11.8 Å². The van der Waals surface area contributed by atoms with Gasteiger partial charge in [-0.05, 0) is 18.9 Å². The van der Waals surface area contributed by atoms with Crippen LogP contribution in [0.1, 0.15) is 49.3 Å². The second-order valence-electron chi connectivity index (χ2n) is 5.16. The summed E-state index contributed by atoms with van der Waals surface area (Å²) in [7, 11) is 0. The van der Waals surface area contributed by atoms with Gasteiger partial charge in [-0.3, -0.25) is 4.98 Å². The maximum atomic E-state index is 12.9. The van der Waals surface area contributed by atoms with E-state index >= 15 is 0 Å². The first-order chi connectivity index (χ1) is 9.48. The molecule has 2 N–H and O–H groups in total. The van der Waals surface area contributed by atoms with Crippen molar-refractivity contribution in [3.63, 3.8) is 0 Å². The summed E-state index contributed by atoms with van der Waals surface area (Å²) in [4.78, 5) is 3.79. The van der Waals surface area contributed by atoms with Crippen LogP contribution in [0.25, 0.3) is 0 Å². The van der Waals surface area contributed by atoms with E-state index in [2.05, 4.69) is 4.98 Å². The van der Waals surface area contributed by atoms with Gasteiger partial charge in [0, 0.05) is 35.0 Å². The Kier molecular flexibility index (Phi) is 5.32. The van der Waals surface area contributed by atoms with Crippen LogP contribution in [0.4, 0.5) is 13.2 Å². The third kappa shape index (κ3) is 4.12. The molecule has 0 bridgehead atoms. The predicted octanol–water partition coefficient (Wildman–Crippen LogP) is 4.17. The van der Waals surface area contributed by atoms with Crippen molar-refractivity contribution in [2.24, 2.45) is 5.73 Å². The molecule has 1 atom stereocenters. The van der Waals surface area contributed by atoms with E-state index in [0.29, 0.717) is 11.0 Å². The number of hydrogen-bond acceptors (Lipinski definition) is 3. The van der Waals surface area contributed by atoms with Crippen LogP contribution in [0.15, 0.2) is 18.5 Å². The summed E-state index contributed by atoms with van der Waals surface area (Å²) in [5.41, 5.74) is 5.39. The number of pyridine rings is 1. The highest BCUT2D eigenvalue weighted by Crippen LogP contribution is 2.35. The molecule has 2 nitrogen and oxygen atoms in total. The van der Waals surface area contributed by atoms with Gasteiger partial charge in [-0.25, -0.2) is 0 Å². The van der Waals surface area contributed by atoms with E-state index in [4.69, 9.17) is 5.73 Å². The fourth-order valence-corrected chi connectivity index (χ4v) is 3.85. The van der Waals surface area contributed by atoms with Crippen LogP contribution >= 0.6 is 11.8 Å². The maximum Gasteiger partial charge on any atom is 0.416 e. The molecule has 1 unspecified atom stereocenters. The number of hydrogen-bond donors (Lipinski definition) is 1. The van der Waals surface area contributed by atoms with Crippen molar-refractivity contribution in [1.82, 2.24) is 4.98 Å². The molecule has 0 aliphatic heterocycles. The van der Waals surface area contributed by atoms with Crippen LogP contribution in [0.3, 0.4) is 0 Å². The van der Waals surface area contributed by atoms with Crippen LogP contribution in [0.2, 0.25) is 0 Å². The molecule has 20 heavy (non-hydrogen) atoms. The first kappa shape index (κ1) is 15.6. The van der Waals surface area contributed by atoms with Crippen molar-refractivity contribution < 1.29 is 13.2 Å². The number of thioether (sulfide) groups is 1. The van der Waals surface area contributed by atoms with Crippen LogP contribution in [0.5, 0.6) is 0 Å². The third-order valence-corrected chi connectivity index (χ3v) is 5.11. The molecule has 1 fully saturated rings. The highest BCUT2D eigenvalue weighted by molar-refractivity contribution is 7.99. The van der Waals surface area contributed by atoms with Crippen LogP contribution in [-0.4, -0.2) is 16.0 Å². The molecular weight excluding hydrogens is 285 g/mol. The lowest BCUT2D eigenvalue weighted by Gasteiger charge is -2.23. The molecule has 0 amide bonds. The lowest BCUT2D eigenvalue weighted by atomic mass is 10.0. The van der Waals surface area contributed by atoms with E-state index in [-0.39, 0.29) is 5.56 Å². The predicted molar refractivity (Wildman–Crippen MR) is 75.5 cm³/mol. The van der Waals surface area contributed by atoms with Crippen molar-refractivity contribution in [1.29, 1.82) is 0 Å². The molecular formula is C14H19F3N2S. The zero-order valence-corrected chi connectivity index (χ0v) is 12.0. The minimum atomic E-state index is -4.37. The van der Waals surface area contributed by atoms with Gasteiger partial charge in [0.15, 0.2) is 0 Å². The van der Waals surface area contributed by atoms with Crippen molar-refractivity contribution in [3.05, 3.63) is 29.6 Å². The van der Waals surface area contributed by atoms with Crippen molar-refractivity contribution in [3.8, 4) is 0 Å². The molecule has 1 aromatic heterocycles. The van der Waals surface area contributed by atoms with Gasteiger partial charge < -0.3 is 5.73 Å². The minimum Gasteiger partial charge on any atom is -0.323 e. The second kappa shape index (κ2) is 6.80. The van der Waals surface area contributed by atoms with Crippen molar-refractivity contribution in [2.75, 3.05) is 5.75 Å². The molecule has 0 saturated heterocycles. The van der Waals surface area contributed by atoms with Gasteiger partial charge in [-0.2, -0.15) is 24.9 Å². The highest BCUT2D eigenvalue weighted by Gasteiger charge is 2.34. The summed E-state index contributed by atoms with van der Waals surface area (Å²) in [6.45, 7) is 0. The second-order valence-corrected chi connectivity index (χ2v) is 6.49. The number of rotatable bonds is 4. The molecule has 1 aliphatic rings. The summed E-state index contributed by atoms with van der Waals surface area (Å²) in [5, 5.41) is 0.542. The number of aromatic nitrogens is 1. The molecule has 1 aromatic rings. The Labute approximate surface area is 121 Å².